The molecular formula is C13H26O3. The van der Waals surface area contributed by atoms with Gasteiger partial charge in [-0.25, -0.2) is 4.79 Å². The molecule has 0 fully saturated rings. The van der Waals surface area contributed by atoms with Crippen LogP contribution in [-0.4, -0.2) is 23.8 Å². The van der Waals surface area contributed by atoms with Crippen molar-refractivity contribution in [3.05, 3.63) is 0 Å². The van der Waals surface area contributed by atoms with E-state index >= 15 is 0 Å². The van der Waals surface area contributed by atoms with E-state index < -0.39 is 12.1 Å². The van der Waals surface area contributed by atoms with Crippen LogP contribution in [0.4, 0.5) is 0 Å². The number of carbonyl (C=O) groups is 1. The van der Waals surface area contributed by atoms with Crippen LogP contribution in [0.3, 0.4) is 0 Å². The topological polar surface area (TPSA) is 46.5 Å². The van der Waals surface area contributed by atoms with Gasteiger partial charge in [0.1, 0.15) is 6.10 Å². The Morgan fingerprint density at radius 1 is 1.06 bits per heavy atom. The van der Waals surface area contributed by atoms with Gasteiger partial charge in [0, 0.05) is 0 Å². The van der Waals surface area contributed by atoms with E-state index in [0.29, 0.717) is 6.61 Å². The minimum Gasteiger partial charge on any atom is -0.464 e. The van der Waals surface area contributed by atoms with Crippen molar-refractivity contribution in [3.63, 3.8) is 0 Å². The van der Waals surface area contributed by atoms with Crippen LogP contribution in [0.5, 0.6) is 0 Å². The number of hydrogen-bond acceptors (Lipinski definition) is 3. The highest BCUT2D eigenvalue weighted by molar-refractivity contribution is 5.73. The number of unbranched alkanes of at least 4 members (excludes halogenated alkanes) is 7. The summed E-state index contributed by atoms with van der Waals surface area (Å²) in [6, 6.07) is 0. The fraction of sp³-hybridized carbons (Fsp3) is 0.923. The predicted molar refractivity (Wildman–Crippen MR) is 65.2 cm³/mol. The Kier molecular flexibility index (Phi) is 10.5. The van der Waals surface area contributed by atoms with E-state index in [1.807, 2.05) is 0 Å². The molecule has 0 aromatic rings. The molecule has 0 saturated carbocycles. The molecule has 0 aromatic heterocycles. The van der Waals surface area contributed by atoms with E-state index in [-0.39, 0.29) is 0 Å². The first-order valence-corrected chi connectivity index (χ1v) is 6.53. The lowest BCUT2D eigenvalue weighted by Crippen LogP contribution is -2.19. The molecule has 0 radical (unpaired) electrons. The Bertz CT molecular complexity index is 167. The number of aliphatic hydroxyl groups excluding tert-OH is 1. The van der Waals surface area contributed by atoms with Crippen LogP contribution in [0.15, 0.2) is 0 Å². The van der Waals surface area contributed by atoms with Crippen molar-refractivity contribution in [2.75, 3.05) is 6.61 Å². The van der Waals surface area contributed by atoms with Gasteiger partial charge in [-0.15, -0.1) is 0 Å². The summed E-state index contributed by atoms with van der Waals surface area (Å²) >= 11 is 0. The van der Waals surface area contributed by atoms with Crippen LogP contribution < -0.4 is 0 Å². The molecule has 0 amide bonds. The molecule has 0 aliphatic rings. The first-order valence-electron chi connectivity index (χ1n) is 6.53. The van der Waals surface area contributed by atoms with Crippen LogP contribution in [0.25, 0.3) is 0 Å². The zero-order valence-corrected chi connectivity index (χ0v) is 10.7. The molecule has 16 heavy (non-hydrogen) atoms. The van der Waals surface area contributed by atoms with E-state index in [4.69, 9.17) is 9.84 Å². The Morgan fingerprint density at radius 2 is 1.56 bits per heavy atom. The van der Waals surface area contributed by atoms with Gasteiger partial charge in [-0.3, -0.25) is 0 Å². The lowest BCUT2D eigenvalue weighted by Gasteiger charge is -2.06. The number of esters is 1. The molecule has 1 atom stereocenters. The minimum atomic E-state index is -0.992. The molecular weight excluding hydrogens is 204 g/mol. The fourth-order valence-corrected chi connectivity index (χ4v) is 1.53. The lowest BCUT2D eigenvalue weighted by molar-refractivity contribution is -0.152. The maximum absolute atomic E-state index is 10.9. The van der Waals surface area contributed by atoms with E-state index in [0.717, 1.165) is 12.8 Å². The van der Waals surface area contributed by atoms with Gasteiger partial charge in [0.05, 0.1) is 6.61 Å². The summed E-state index contributed by atoms with van der Waals surface area (Å²) in [6.07, 6.45) is 8.82. The first-order chi connectivity index (χ1) is 7.68. The first kappa shape index (κ1) is 15.4. The van der Waals surface area contributed by atoms with Crippen molar-refractivity contribution in [1.29, 1.82) is 0 Å². The molecule has 0 bridgehead atoms. The van der Waals surface area contributed by atoms with Crippen LogP contribution in [0.2, 0.25) is 0 Å². The van der Waals surface area contributed by atoms with Crippen molar-refractivity contribution in [2.24, 2.45) is 0 Å². The molecule has 0 aliphatic heterocycles. The third kappa shape index (κ3) is 9.97. The lowest BCUT2D eigenvalue weighted by atomic mass is 10.1. The molecule has 3 heteroatoms. The largest absolute Gasteiger partial charge is 0.464 e. The van der Waals surface area contributed by atoms with Gasteiger partial charge in [-0.1, -0.05) is 51.9 Å². The molecule has 0 saturated heterocycles. The SMILES string of the molecule is CCCCCCCCCCOC(=O)C(C)O. The highest BCUT2D eigenvalue weighted by atomic mass is 16.5. The Labute approximate surface area is 99.2 Å². The number of rotatable bonds is 10. The van der Waals surface area contributed by atoms with Crippen molar-refractivity contribution in [2.45, 2.75) is 71.3 Å². The maximum atomic E-state index is 10.9. The van der Waals surface area contributed by atoms with E-state index in [9.17, 15) is 4.79 Å². The van der Waals surface area contributed by atoms with Crippen molar-refractivity contribution < 1.29 is 14.6 Å². The van der Waals surface area contributed by atoms with E-state index in [1.54, 1.807) is 0 Å². The van der Waals surface area contributed by atoms with Crippen molar-refractivity contribution in [3.8, 4) is 0 Å². The molecule has 96 valence electrons. The zero-order chi connectivity index (χ0) is 12.2. The van der Waals surface area contributed by atoms with Crippen LogP contribution >= 0.6 is 0 Å². The summed E-state index contributed by atoms with van der Waals surface area (Å²) < 4.78 is 4.86. The number of ether oxygens (including phenoxy) is 1. The summed E-state index contributed by atoms with van der Waals surface area (Å²) in [4.78, 5) is 10.9. The maximum Gasteiger partial charge on any atom is 0.334 e. The van der Waals surface area contributed by atoms with Crippen LogP contribution in [0, 0.1) is 0 Å². The quantitative estimate of drug-likeness (QED) is 0.463. The Balaban J connectivity index is 3.07. The molecule has 0 aromatic carbocycles. The van der Waals surface area contributed by atoms with Crippen molar-refractivity contribution >= 4 is 5.97 Å². The summed E-state index contributed by atoms with van der Waals surface area (Å²) in [5.41, 5.74) is 0. The number of aliphatic hydroxyl groups is 1. The molecule has 1 unspecified atom stereocenters. The third-order valence-electron chi connectivity index (χ3n) is 2.58. The third-order valence-corrected chi connectivity index (χ3v) is 2.58. The van der Waals surface area contributed by atoms with Gasteiger partial charge in [0.2, 0.25) is 0 Å². The Hall–Kier alpha value is -0.570. The second-order valence-electron chi connectivity index (χ2n) is 4.32. The molecule has 0 aliphatic carbocycles. The average Bonchev–Trinajstić information content (AvgIpc) is 2.26. The van der Waals surface area contributed by atoms with E-state index in [2.05, 4.69) is 6.92 Å². The van der Waals surface area contributed by atoms with Gasteiger partial charge < -0.3 is 9.84 Å². The van der Waals surface area contributed by atoms with Gasteiger partial charge in [0.15, 0.2) is 0 Å². The smallest absolute Gasteiger partial charge is 0.334 e. The number of carbonyl (C=O) groups excluding carboxylic acids is 1. The highest BCUT2D eigenvalue weighted by Crippen LogP contribution is 2.08. The predicted octanol–water partition coefficient (Wildman–Crippen LogP) is 3.05. The summed E-state index contributed by atoms with van der Waals surface area (Å²) in [5.74, 6) is -0.511. The summed E-state index contributed by atoms with van der Waals surface area (Å²) in [5, 5.41) is 8.87. The fourth-order valence-electron chi connectivity index (χ4n) is 1.53. The molecule has 1 N–H and O–H groups in total. The van der Waals surface area contributed by atoms with Gasteiger partial charge in [-0.2, -0.15) is 0 Å². The second kappa shape index (κ2) is 10.9. The second-order valence-corrected chi connectivity index (χ2v) is 4.32. The van der Waals surface area contributed by atoms with Crippen molar-refractivity contribution in [1.82, 2.24) is 0 Å². The summed E-state index contributed by atoms with van der Waals surface area (Å²) in [6.45, 7) is 4.09. The van der Waals surface area contributed by atoms with Gasteiger partial charge >= 0.3 is 5.97 Å². The van der Waals surface area contributed by atoms with Gasteiger partial charge in [-0.05, 0) is 13.3 Å². The number of hydrogen-bond donors (Lipinski definition) is 1. The monoisotopic (exact) mass is 230 g/mol. The molecule has 0 spiro atoms. The molecule has 0 rings (SSSR count). The standard InChI is InChI=1S/C13H26O3/c1-3-4-5-6-7-8-9-10-11-16-13(15)12(2)14/h12,14H,3-11H2,1-2H3. The highest BCUT2D eigenvalue weighted by Gasteiger charge is 2.08. The molecule has 3 nitrogen and oxygen atoms in total. The molecule has 0 heterocycles. The Morgan fingerprint density at radius 3 is 2.06 bits per heavy atom. The van der Waals surface area contributed by atoms with Crippen LogP contribution in [0.1, 0.15) is 65.2 Å². The normalized spacial score (nSPS) is 12.4. The van der Waals surface area contributed by atoms with Crippen LogP contribution in [-0.2, 0) is 9.53 Å². The summed E-state index contributed by atoms with van der Waals surface area (Å²) in [7, 11) is 0. The zero-order valence-electron chi connectivity index (χ0n) is 10.7. The van der Waals surface area contributed by atoms with E-state index in [1.165, 1.54) is 45.4 Å². The van der Waals surface area contributed by atoms with Gasteiger partial charge in [0.25, 0.3) is 0 Å². The average molecular weight is 230 g/mol. The minimum absolute atomic E-state index is 0.443.